The minimum atomic E-state index is -0.315. The van der Waals surface area contributed by atoms with Gasteiger partial charge in [0.25, 0.3) is 0 Å². The van der Waals surface area contributed by atoms with Gasteiger partial charge in [-0.25, -0.2) is 4.98 Å². The minimum absolute atomic E-state index is 0. The number of nitrogens with zero attached hydrogens (tertiary/aromatic N) is 4. The second-order valence-corrected chi connectivity index (χ2v) is 7.35. The fourth-order valence-corrected chi connectivity index (χ4v) is 3.45. The molecule has 1 saturated carbocycles. The van der Waals surface area contributed by atoms with Crippen LogP contribution in [-0.4, -0.2) is 63.5 Å². The SMILES string of the molecule is CN=C(NCc1cccc(N(C)C)n1)NCC1(C(=O)N(C)C)CCCC1.I. The molecule has 2 rings (SSSR count). The number of halogens is 1. The van der Waals surface area contributed by atoms with E-state index in [9.17, 15) is 4.79 Å². The highest BCUT2D eigenvalue weighted by atomic mass is 127. The van der Waals surface area contributed by atoms with Gasteiger partial charge in [0.15, 0.2) is 5.96 Å². The summed E-state index contributed by atoms with van der Waals surface area (Å²) in [6, 6.07) is 5.97. The van der Waals surface area contributed by atoms with Gasteiger partial charge in [-0.05, 0) is 25.0 Å². The van der Waals surface area contributed by atoms with Crippen molar-refractivity contribution in [1.29, 1.82) is 0 Å². The summed E-state index contributed by atoms with van der Waals surface area (Å²) in [5.74, 6) is 1.83. The number of aliphatic imine (C=N–C) groups is 1. The van der Waals surface area contributed by atoms with Gasteiger partial charge in [0.1, 0.15) is 5.82 Å². The lowest BCUT2D eigenvalue weighted by Crippen LogP contribution is -2.49. The molecule has 0 aliphatic heterocycles. The second kappa shape index (κ2) is 10.7. The van der Waals surface area contributed by atoms with Crippen molar-refractivity contribution in [1.82, 2.24) is 20.5 Å². The summed E-state index contributed by atoms with van der Waals surface area (Å²) in [5.41, 5.74) is 0.628. The average Bonchev–Trinajstić information content (AvgIpc) is 3.11. The van der Waals surface area contributed by atoms with E-state index >= 15 is 0 Å². The van der Waals surface area contributed by atoms with Crippen LogP contribution in [0.2, 0.25) is 0 Å². The standard InChI is InChI=1S/C19H32N6O.HI/c1-20-18(21-13-15-9-8-10-16(23-15)24(2)3)22-14-19(11-6-7-12-19)17(26)25(4)5;/h8-10H,6-7,11-14H2,1-5H3,(H2,20,21,22);1H. The molecule has 0 radical (unpaired) electrons. The lowest BCUT2D eigenvalue weighted by atomic mass is 9.84. The van der Waals surface area contributed by atoms with Gasteiger partial charge in [0.2, 0.25) is 5.91 Å². The van der Waals surface area contributed by atoms with Crippen LogP contribution < -0.4 is 15.5 Å². The molecule has 0 saturated heterocycles. The van der Waals surface area contributed by atoms with E-state index in [2.05, 4.69) is 20.6 Å². The normalized spacial score (nSPS) is 15.7. The summed E-state index contributed by atoms with van der Waals surface area (Å²) in [4.78, 5) is 25.2. The van der Waals surface area contributed by atoms with Gasteiger partial charge < -0.3 is 20.4 Å². The molecule has 1 aromatic heterocycles. The Bertz CT molecular complexity index is 641. The third kappa shape index (κ3) is 6.22. The quantitative estimate of drug-likeness (QED) is 0.365. The molecule has 152 valence electrons. The Balaban J connectivity index is 0.00000364. The highest BCUT2D eigenvalue weighted by Gasteiger charge is 2.42. The van der Waals surface area contributed by atoms with Crippen molar-refractivity contribution in [2.24, 2.45) is 10.4 Å². The minimum Gasteiger partial charge on any atom is -0.363 e. The van der Waals surface area contributed by atoms with Crippen molar-refractivity contribution >= 4 is 41.7 Å². The monoisotopic (exact) mass is 488 g/mol. The first-order valence-electron chi connectivity index (χ1n) is 9.17. The molecule has 27 heavy (non-hydrogen) atoms. The van der Waals surface area contributed by atoms with E-state index in [1.807, 2.05) is 51.3 Å². The Morgan fingerprint density at radius 2 is 1.85 bits per heavy atom. The van der Waals surface area contributed by atoms with Crippen LogP contribution in [0.3, 0.4) is 0 Å². The van der Waals surface area contributed by atoms with Crippen molar-refractivity contribution in [2.75, 3.05) is 46.7 Å². The van der Waals surface area contributed by atoms with E-state index < -0.39 is 0 Å². The van der Waals surface area contributed by atoms with Crippen LogP contribution in [0.1, 0.15) is 31.4 Å². The van der Waals surface area contributed by atoms with Gasteiger partial charge in [-0.15, -0.1) is 24.0 Å². The van der Waals surface area contributed by atoms with Gasteiger partial charge >= 0.3 is 0 Å². The predicted octanol–water partition coefficient (Wildman–Crippen LogP) is 2.08. The van der Waals surface area contributed by atoms with Crippen molar-refractivity contribution in [2.45, 2.75) is 32.2 Å². The van der Waals surface area contributed by atoms with E-state index in [-0.39, 0.29) is 35.3 Å². The van der Waals surface area contributed by atoms with Crippen molar-refractivity contribution in [3.05, 3.63) is 23.9 Å². The first kappa shape index (κ1) is 23.5. The van der Waals surface area contributed by atoms with E-state index in [1.165, 1.54) is 0 Å². The van der Waals surface area contributed by atoms with E-state index in [0.29, 0.717) is 19.0 Å². The van der Waals surface area contributed by atoms with Crippen molar-refractivity contribution in [3.8, 4) is 0 Å². The number of carbonyl (C=O) groups is 1. The number of carbonyl (C=O) groups excluding carboxylic acids is 1. The molecule has 1 aliphatic rings. The molecule has 2 N–H and O–H groups in total. The second-order valence-electron chi connectivity index (χ2n) is 7.35. The number of hydrogen-bond donors (Lipinski definition) is 2. The van der Waals surface area contributed by atoms with Crippen molar-refractivity contribution in [3.63, 3.8) is 0 Å². The number of amides is 1. The van der Waals surface area contributed by atoms with Crippen LogP contribution in [0.25, 0.3) is 0 Å². The summed E-state index contributed by atoms with van der Waals surface area (Å²) in [5, 5.41) is 6.64. The Morgan fingerprint density at radius 3 is 2.41 bits per heavy atom. The fourth-order valence-electron chi connectivity index (χ4n) is 3.45. The molecule has 1 heterocycles. The Kier molecular flexibility index (Phi) is 9.28. The molecule has 1 aromatic rings. The van der Waals surface area contributed by atoms with Gasteiger partial charge in [0.05, 0.1) is 17.7 Å². The third-order valence-corrected chi connectivity index (χ3v) is 4.93. The van der Waals surface area contributed by atoms with Crippen LogP contribution in [0, 0.1) is 5.41 Å². The molecule has 0 atom stereocenters. The van der Waals surface area contributed by atoms with Gasteiger partial charge in [0, 0.05) is 41.8 Å². The Morgan fingerprint density at radius 1 is 1.19 bits per heavy atom. The van der Waals surface area contributed by atoms with Crippen LogP contribution in [-0.2, 0) is 11.3 Å². The zero-order chi connectivity index (χ0) is 19.2. The first-order chi connectivity index (χ1) is 12.4. The molecule has 1 fully saturated rings. The molecule has 8 heteroatoms. The fraction of sp³-hybridized carbons (Fsp3) is 0.632. The molecule has 7 nitrogen and oxygen atoms in total. The van der Waals surface area contributed by atoms with E-state index in [0.717, 1.165) is 37.2 Å². The molecule has 0 aromatic carbocycles. The molecule has 1 amide bonds. The number of guanidine groups is 1. The average molecular weight is 488 g/mol. The topological polar surface area (TPSA) is 72.9 Å². The van der Waals surface area contributed by atoms with Gasteiger partial charge in [-0.2, -0.15) is 0 Å². The van der Waals surface area contributed by atoms with Gasteiger partial charge in [-0.1, -0.05) is 18.9 Å². The largest absolute Gasteiger partial charge is 0.363 e. The Labute approximate surface area is 180 Å². The molecular formula is C19H33IN6O. The number of pyridine rings is 1. The number of nitrogens with one attached hydrogen (secondary N) is 2. The first-order valence-corrected chi connectivity index (χ1v) is 9.17. The Hall–Kier alpha value is -1.58. The number of aromatic nitrogens is 1. The highest BCUT2D eigenvalue weighted by molar-refractivity contribution is 14.0. The summed E-state index contributed by atoms with van der Waals surface area (Å²) in [6.07, 6.45) is 4.07. The lowest BCUT2D eigenvalue weighted by molar-refractivity contribution is -0.138. The summed E-state index contributed by atoms with van der Waals surface area (Å²) < 4.78 is 0. The number of hydrogen-bond acceptors (Lipinski definition) is 4. The van der Waals surface area contributed by atoms with E-state index in [1.54, 1.807) is 11.9 Å². The maximum absolute atomic E-state index is 12.7. The maximum Gasteiger partial charge on any atom is 0.230 e. The summed E-state index contributed by atoms with van der Waals surface area (Å²) in [6.45, 7) is 1.19. The zero-order valence-electron chi connectivity index (χ0n) is 17.1. The summed E-state index contributed by atoms with van der Waals surface area (Å²) >= 11 is 0. The molecular weight excluding hydrogens is 455 g/mol. The maximum atomic E-state index is 12.7. The third-order valence-electron chi connectivity index (χ3n) is 4.93. The van der Waals surface area contributed by atoms with Crippen LogP contribution in [0.15, 0.2) is 23.2 Å². The number of anilines is 1. The molecule has 0 spiro atoms. The summed E-state index contributed by atoms with van der Waals surface area (Å²) in [7, 11) is 9.36. The van der Waals surface area contributed by atoms with Crippen LogP contribution >= 0.6 is 24.0 Å². The van der Waals surface area contributed by atoms with Crippen LogP contribution in [0.4, 0.5) is 5.82 Å². The highest BCUT2D eigenvalue weighted by Crippen LogP contribution is 2.38. The molecule has 0 bridgehead atoms. The van der Waals surface area contributed by atoms with Crippen LogP contribution in [0.5, 0.6) is 0 Å². The lowest BCUT2D eigenvalue weighted by Gasteiger charge is -2.31. The van der Waals surface area contributed by atoms with Gasteiger partial charge in [-0.3, -0.25) is 9.79 Å². The van der Waals surface area contributed by atoms with Crippen molar-refractivity contribution < 1.29 is 4.79 Å². The molecule has 0 unspecified atom stereocenters. The zero-order valence-corrected chi connectivity index (χ0v) is 19.4. The smallest absolute Gasteiger partial charge is 0.230 e. The van der Waals surface area contributed by atoms with E-state index in [4.69, 9.17) is 0 Å². The molecule has 1 aliphatic carbocycles. The number of rotatable bonds is 6. The predicted molar refractivity (Wildman–Crippen MR) is 122 cm³/mol.